The van der Waals surface area contributed by atoms with Crippen LogP contribution in [0.2, 0.25) is 0 Å². The standard InChI is InChI=1S/C31H42N5O9P/c1-21(37)34-25(19-23-12-14-24(15-13-23)45-46(42,43)44)29(40)36-31(16-6-3-7-17-31)30(41)35-26(20-27(32)38)28(39)33-18-8-11-22-9-4-2-5-10-22/h2,4-5,9-10,12-15,25-26H,3,6-8,11,16-20H2,1H3,(H2,32,38)(H,33,39)(H,34,37)(H,35,41)(H,36,40)(H2,42,43,44)/t25-,26-/m0/s1. The predicted octanol–water partition coefficient (Wildman–Crippen LogP) is 1.13. The van der Waals surface area contributed by atoms with Gasteiger partial charge in [-0.2, -0.15) is 0 Å². The number of hydrogen-bond acceptors (Lipinski definition) is 7. The fraction of sp³-hybridized carbons (Fsp3) is 0.452. The zero-order valence-corrected chi connectivity index (χ0v) is 26.6. The second-order valence-corrected chi connectivity index (χ2v) is 12.6. The van der Waals surface area contributed by atoms with Crippen LogP contribution in [-0.4, -0.2) is 63.5 Å². The van der Waals surface area contributed by atoms with Crippen LogP contribution in [0, 0.1) is 0 Å². The van der Waals surface area contributed by atoms with Crippen LogP contribution in [0.1, 0.15) is 63.0 Å². The van der Waals surface area contributed by atoms with Crippen LogP contribution in [0.15, 0.2) is 54.6 Å². The molecule has 1 aliphatic carbocycles. The number of carbonyl (C=O) groups excluding carboxylic acids is 5. The number of rotatable bonds is 16. The van der Waals surface area contributed by atoms with Gasteiger partial charge in [0.25, 0.3) is 0 Å². The van der Waals surface area contributed by atoms with Crippen LogP contribution < -0.4 is 31.5 Å². The van der Waals surface area contributed by atoms with Crippen molar-refractivity contribution in [3.05, 3.63) is 65.7 Å². The maximum Gasteiger partial charge on any atom is 0.524 e. The summed E-state index contributed by atoms with van der Waals surface area (Å²) in [6, 6.07) is 13.0. The number of aryl methyl sites for hydroxylation is 1. The Hall–Kier alpha value is -4.26. The van der Waals surface area contributed by atoms with E-state index in [1.807, 2.05) is 30.3 Å². The van der Waals surface area contributed by atoms with Gasteiger partial charge in [-0.1, -0.05) is 61.7 Å². The molecule has 1 fully saturated rings. The minimum Gasteiger partial charge on any atom is -0.404 e. The van der Waals surface area contributed by atoms with E-state index in [-0.39, 0.29) is 25.0 Å². The Labute approximate surface area is 267 Å². The van der Waals surface area contributed by atoms with Crippen molar-refractivity contribution >= 4 is 37.4 Å². The van der Waals surface area contributed by atoms with Gasteiger partial charge in [-0.15, -0.1) is 0 Å². The topological polar surface area (TPSA) is 226 Å². The molecule has 2 atom stereocenters. The zero-order chi connectivity index (χ0) is 33.7. The molecular weight excluding hydrogens is 617 g/mol. The van der Waals surface area contributed by atoms with Crippen molar-refractivity contribution in [2.24, 2.45) is 5.73 Å². The Bertz CT molecular complexity index is 1410. The number of nitrogens with two attached hydrogens (primary N) is 1. The third-order valence-corrected chi connectivity index (χ3v) is 8.05. The maximum atomic E-state index is 13.8. The molecule has 8 N–H and O–H groups in total. The maximum absolute atomic E-state index is 13.8. The molecule has 250 valence electrons. The minimum atomic E-state index is -4.76. The molecule has 0 saturated heterocycles. The first kappa shape index (κ1) is 36.2. The van der Waals surface area contributed by atoms with E-state index in [4.69, 9.17) is 15.5 Å². The number of hydrogen-bond donors (Lipinski definition) is 7. The normalized spacial score (nSPS) is 15.5. The molecular formula is C31H42N5O9P. The van der Waals surface area contributed by atoms with Crippen molar-refractivity contribution in [1.82, 2.24) is 21.3 Å². The summed E-state index contributed by atoms with van der Waals surface area (Å²) >= 11 is 0. The summed E-state index contributed by atoms with van der Waals surface area (Å²) in [7, 11) is -4.76. The van der Waals surface area contributed by atoms with Gasteiger partial charge in [0, 0.05) is 19.9 Å². The highest BCUT2D eigenvalue weighted by Gasteiger charge is 2.43. The van der Waals surface area contributed by atoms with E-state index >= 15 is 0 Å². The third-order valence-electron chi connectivity index (χ3n) is 7.60. The lowest BCUT2D eigenvalue weighted by atomic mass is 9.80. The van der Waals surface area contributed by atoms with Gasteiger partial charge in [0.05, 0.1) is 6.42 Å². The van der Waals surface area contributed by atoms with E-state index < -0.39 is 61.4 Å². The number of amides is 5. The van der Waals surface area contributed by atoms with Crippen molar-refractivity contribution < 1.29 is 42.8 Å². The van der Waals surface area contributed by atoms with Gasteiger partial charge in [-0.25, -0.2) is 4.57 Å². The lowest BCUT2D eigenvalue weighted by Crippen LogP contribution is -2.65. The van der Waals surface area contributed by atoms with Gasteiger partial charge in [-0.3, -0.25) is 33.8 Å². The summed E-state index contributed by atoms with van der Waals surface area (Å²) < 4.78 is 15.7. The van der Waals surface area contributed by atoms with E-state index in [0.717, 1.165) is 18.4 Å². The summed E-state index contributed by atoms with van der Waals surface area (Å²) in [4.78, 5) is 82.3. The van der Waals surface area contributed by atoms with Gasteiger partial charge in [-0.05, 0) is 48.9 Å². The molecule has 14 nitrogen and oxygen atoms in total. The second-order valence-electron chi connectivity index (χ2n) is 11.4. The molecule has 3 rings (SSSR count). The molecule has 15 heteroatoms. The van der Waals surface area contributed by atoms with Gasteiger partial charge >= 0.3 is 7.82 Å². The van der Waals surface area contributed by atoms with Gasteiger partial charge in [0.1, 0.15) is 23.4 Å². The molecule has 46 heavy (non-hydrogen) atoms. The predicted molar refractivity (Wildman–Crippen MR) is 168 cm³/mol. The molecule has 5 amide bonds. The van der Waals surface area contributed by atoms with Crippen molar-refractivity contribution in [2.45, 2.75) is 82.3 Å². The van der Waals surface area contributed by atoms with Crippen LogP contribution in [0.3, 0.4) is 0 Å². The van der Waals surface area contributed by atoms with E-state index in [1.54, 1.807) is 0 Å². The average Bonchev–Trinajstić information content (AvgIpc) is 2.99. The van der Waals surface area contributed by atoms with Gasteiger partial charge in [0.15, 0.2) is 0 Å². The minimum absolute atomic E-state index is 0.00497. The first-order valence-electron chi connectivity index (χ1n) is 15.1. The summed E-state index contributed by atoms with van der Waals surface area (Å²) in [5.41, 5.74) is 5.65. The molecule has 1 aliphatic rings. The van der Waals surface area contributed by atoms with Crippen molar-refractivity contribution in [2.75, 3.05) is 6.54 Å². The Morgan fingerprint density at radius 2 is 1.54 bits per heavy atom. The molecule has 0 aromatic heterocycles. The van der Waals surface area contributed by atoms with Crippen LogP contribution in [0.4, 0.5) is 0 Å². The second kappa shape index (κ2) is 16.9. The lowest BCUT2D eigenvalue weighted by Gasteiger charge is -2.38. The SMILES string of the molecule is CC(=O)N[C@@H](Cc1ccc(OP(=O)(O)O)cc1)C(=O)NC1(C(=O)N[C@@H](CC(N)=O)C(=O)NCCCc2ccccc2)CCCCC1. The largest absolute Gasteiger partial charge is 0.524 e. The first-order valence-corrected chi connectivity index (χ1v) is 16.6. The molecule has 0 radical (unpaired) electrons. The number of primary amides is 1. The molecule has 2 aromatic carbocycles. The number of phosphoric ester groups is 1. The van der Waals surface area contributed by atoms with Crippen molar-refractivity contribution in [3.8, 4) is 5.75 Å². The fourth-order valence-electron chi connectivity index (χ4n) is 5.38. The molecule has 1 saturated carbocycles. The highest BCUT2D eigenvalue weighted by molar-refractivity contribution is 7.46. The number of carbonyl (C=O) groups is 5. The van der Waals surface area contributed by atoms with E-state index in [2.05, 4.69) is 25.8 Å². The highest BCUT2D eigenvalue weighted by atomic mass is 31.2. The highest BCUT2D eigenvalue weighted by Crippen LogP contribution is 2.37. The Morgan fingerprint density at radius 1 is 0.891 bits per heavy atom. The lowest BCUT2D eigenvalue weighted by molar-refractivity contribution is -0.139. The number of phosphoric acid groups is 1. The van der Waals surface area contributed by atoms with Crippen LogP contribution in [0.25, 0.3) is 0 Å². The van der Waals surface area contributed by atoms with Crippen molar-refractivity contribution in [3.63, 3.8) is 0 Å². The molecule has 0 unspecified atom stereocenters. The van der Waals surface area contributed by atoms with E-state index in [1.165, 1.54) is 31.2 Å². The van der Waals surface area contributed by atoms with Crippen LogP contribution in [0.5, 0.6) is 5.75 Å². The average molecular weight is 660 g/mol. The molecule has 0 bridgehead atoms. The molecule has 0 aliphatic heterocycles. The summed E-state index contributed by atoms with van der Waals surface area (Å²) in [5, 5.41) is 10.8. The molecule has 2 aromatic rings. The summed E-state index contributed by atoms with van der Waals surface area (Å²) in [5.74, 6) is -3.20. The first-order chi connectivity index (χ1) is 21.8. The van der Waals surface area contributed by atoms with Crippen molar-refractivity contribution in [1.29, 1.82) is 0 Å². The molecule has 0 spiro atoms. The van der Waals surface area contributed by atoms with Gasteiger partial charge in [0.2, 0.25) is 29.5 Å². The summed E-state index contributed by atoms with van der Waals surface area (Å²) in [6.45, 7) is 1.55. The van der Waals surface area contributed by atoms with E-state index in [9.17, 15) is 28.5 Å². The Kier molecular flexibility index (Phi) is 13.3. The third kappa shape index (κ3) is 11.9. The van der Waals surface area contributed by atoms with Gasteiger partial charge < -0.3 is 31.5 Å². The Balaban J connectivity index is 1.71. The van der Waals surface area contributed by atoms with Crippen LogP contribution in [-0.2, 0) is 41.4 Å². The number of benzene rings is 2. The van der Waals surface area contributed by atoms with E-state index in [0.29, 0.717) is 31.4 Å². The fourth-order valence-corrected chi connectivity index (χ4v) is 5.78. The Morgan fingerprint density at radius 3 is 2.13 bits per heavy atom. The molecule has 0 heterocycles. The van der Waals surface area contributed by atoms with Crippen LogP contribution >= 0.6 is 7.82 Å². The quantitative estimate of drug-likeness (QED) is 0.101. The number of nitrogens with one attached hydrogen (secondary N) is 4. The smallest absolute Gasteiger partial charge is 0.404 e. The monoisotopic (exact) mass is 659 g/mol. The zero-order valence-electron chi connectivity index (χ0n) is 25.7. The summed E-state index contributed by atoms with van der Waals surface area (Å²) in [6.07, 6.45) is 3.53.